The van der Waals surface area contributed by atoms with Gasteiger partial charge in [0, 0.05) is 10.5 Å². The van der Waals surface area contributed by atoms with Crippen LogP contribution in [0.3, 0.4) is 0 Å². The number of hydrogen-bond acceptors (Lipinski definition) is 11. The quantitative estimate of drug-likeness (QED) is 0.0851. The molecule has 0 spiro atoms. The molecule has 0 aromatic heterocycles. The molecule has 216 valence electrons. The molecule has 1 atom stereocenters. The van der Waals surface area contributed by atoms with Crippen molar-refractivity contribution in [2.75, 3.05) is 57.7 Å². The highest BCUT2D eigenvalue weighted by Gasteiger charge is 2.38. The van der Waals surface area contributed by atoms with Crippen LogP contribution in [0, 0.1) is 10.7 Å². The number of anilines is 1. The molecule has 0 aliphatic heterocycles. The van der Waals surface area contributed by atoms with Gasteiger partial charge in [0.25, 0.3) is 11.8 Å². The van der Waals surface area contributed by atoms with Gasteiger partial charge in [-0.05, 0) is 67.8 Å². The van der Waals surface area contributed by atoms with Gasteiger partial charge in [-0.25, -0.2) is 0 Å². The van der Waals surface area contributed by atoms with E-state index in [0.717, 1.165) is 11.8 Å². The topological polar surface area (TPSA) is 240 Å². The highest BCUT2D eigenvalue weighted by atomic mass is 127. The Morgan fingerprint density at radius 1 is 0.737 bits per heavy atom. The fourth-order valence-corrected chi connectivity index (χ4v) is 7.80. The number of benzene rings is 1. The highest BCUT2D eigenvalue weighted by molar-refractivity contribution is 14.1. The summed E-state index contributed by atoms with van der Waals surface area (Å²) in [4.78, 5) is 40.5. The molecule has 0 saturated carbocycles. The molecule has 0 heterocycles. The molecule has 38 heavy (non-hydrogen) atoms. The third kappa shape index (κ3) is 7.82. The van der Waals surface area contributed by atoms with Crippen LogP contribution in [0.15, 0.2) is 0 Å². The number of halogens is 3. The van der Waals surface area contributed by atoms with Gasteiger partial charge in [-0.15, -0.1) is 0 Å². The van der Waals surface area contributed by atoms with E-state index in [2.05, 4.69) is 10.6 Å². The third-order valence-corrected chi connectivity index (χ3v) is 8.75. The summed E-state index contributed by atoms with van der Waals surface area (Å²) in [6, 6.07) is 0. The molecule has 10 N–H and O–H groups in total. The first-order chi connectivity index (χ1) is 17.8. The fourth-order valence-electron chi connectivity index (χ4n) is 3.08. The second kappa shape index (κ2) is 15.5. The van der Waals surface area contributed by atoms with Crippen molar-refractivity contribution in [1.29, 1.82) is 0 Å². The average Bonchev–Trinajstić information content (AvgIpc) is 2.89. The smallest absolute Gasteiger partial charge is 0.254 e. The lowest BCUT2D eigenvalue weighted by Gasteiger charge is -2.32. The van der Waals surface area contributed by atoms with Gasteiger partial charge in [-0.1, -0.05) is 0 Å². The first-order valence-electron chi connectivity index (χ1n) is 10.9. The van der Waals surface area contributed by atoms with E-state index in [0.29, 0.717) is 0 Å². The fraction of sp³-hybridized carbons (Fsp3) is 0.571. The van der Waals surface area contributed by atoms with Gasteiger partial charge in [-0.2, -0.15) is 0 Å². The van der Waals surface area contributed by atoms with Crippen LogP contribution in [0.1, 0.15) is 27.6 Å². The molecular weight excluding hydrogens is 851 g/mol. The lowest BCUT2D eigenvalue weighted by atomic mass is 10.00. The third-order valence-electron chi connectivity index (χ3n) is 5.58. The number of amides is 3. The summed E-state index contributed by atoms with van der Waals surface area (Å²) in [5, 5.41) is 82.1. The van der Waals surface area contributed by atoms with E-state index >= 15 is 0 Å². The van der Waals surface area contributed by atoms with E-state index in [1.54, 1.807) is 67.8 Å². The highest BCUT2D eigenvalue weighted by Crippen LogP contribution is 2.38. The Balaban J connectivity index is 4.02. The number of carbonyl (C=O) groups excluding carboxylic acids is 3. The lowest BCUT2D eigenvalue weighted by Crippen LogP contribution is -2.58. The van der Waals surface area contributed by atoms with E-state index in [-0.39, 0.29) is 27.5 Å². The SMILES string of the molecule is CC(=O)N(CC(O)CO)c1c(I)c(C(=O)NC(CO)(CO)CO)c(I)c(C(=O)NC(CO)(CO)CO)c1I. The Morgan fingerprint density at radius 2 is 1.08 bits per heavy atom. The largest absolute Gasteiger partial charge is 0.394 e. The van der Waals surface area contributed by atoms with E-state index < -0.39 is 87.7 Å². The first-order valence-corrected chi connectivity index (χ1v) is 14.1. The van der Waals surface area contributed by atoms with Gasteiger partial charge in [0.05, 0.1) is 82.9 Å². The first kappa shape index (κ1) is 35.5. The number of nitrogens with zero attached hydrogens (tertiary/aromatic N) is 1. The summed E-state index contributed by atoms with van der Waals surface area (Å²) in [6.45, 7) is -4.96. The van der Waals surface area contributed by atoms with Crippen molar-refractivity contribution in [3.05, 3.63) is 21.8 Å². The van der Waals surface area contributed by atoms with E-state index in [1.165, 1.54) is 0 Å². The summed E-state index contributed by atoms with van der Waals surface area (Å²) in [7, 11) is 0. The van der Waals surface area contributed by atoms with Crippen LogP contribution in [0.2, 0.25) is 0 Å². The van der Waals surface area contributed by atoms with Gasteiger partial charge >= 0.3 is 0 Å². The molecule has 1 rings (SSSR count). The molecular formula is C21H30I3N3O11. The number of nitrogens with one attached hydrogen (secondary N) is 2. The second-order valence-corrected chi connectivity index (χ2v) is 11.7. The summed E-state index contributed by atoms with van der Waals surface area (Å²) in [5.41, 5.74) is -4.05. The van der Waals surface area contributed by atoms with Crippen LogP contribution in [-0.4, -0.2) is 129 Å². The molecule has 14 nitrogen and oxygen atoms in total. The number of carbonyl (C=O) groups is 3. The molecule has 1 aromatic carbocycles. The van der Waals surface area contributed by atoms with Crippen molar-refractivity contribution < 1.29 is 55.2 Å². The molecule has 1 aromatic rings. The van der Waals surface area contributed by atoms with E-state index in [4.69, 9.17) is 0 Å². The van der Waals surface area contributed by atoms with Crippen LogP contribution < -0.4 is 15.5 Å². The van der Waals surface area contributed by atoms with Crippen molar-refractivity contribution >= 4 is 91.2 Å². The minimum Gasteiger partial charge on any atom is -0.394 e. The minimum absolute atomic E-state index is 0.00658. The predicted molar refractivity (Wildman–Crippen MR) is 159 cm³/mol. The molecule has 3 amide bonds. The maximum atomic E-state index is 13.4. The van der Waals surface area contributed by atoms with Crippen molar-refractivity contribution in [1.82, 2.24) is 10.6 Å². The monoisotopic (exact) mass is 881 g/mol. The zero-order valence-corrected chi connectivity index (χ0v) is 26.6. The zero-order chi connectivity index (χ0) is 29.4. The summed E-state index contributed by atoms with van der Waals surface area (Å²) < 4.78 is 0.254. The van der Waals surface area contributed by atoms with E-state index in [9.17, 15) is 55.2 Å². The summed E-state index contributed by atoms with van der Waals surface area (Å²) in [5.74, 6) is -2.49. The Bertz CT molecular complexity index is 942. The number of rotatable bonds is 14. The Hall–Kier alpha value is -0.500. The molecule has 0 radical (unpaired) electrons. The maximum Gasteiger partial charge on any atom is 0.254 e. The number of aliphatic hydroxyl groups is 8. The lowest BCUT2D eigenvalue weighted by molar-refractivity contribution is -0.117. The minimum atomic E-state index is -1.83. The summed E-state index contributed by atoms with van der Waals surface area (Å²) >= 11 is 5.18. The van der Waals surface area contributed by atoms with Gasteiger partial charge in [0.2, 0.25) is 5.91 Å². The van der Waals surface area contributed by atoms with Crippen LogP contribution in [-0.2, 0) is 4.79 Å². The van der Waals surface area contributed by atoms with Crippen LogP contribution in [0.5, 0.6) is 0 Å². The molecule has 0 bridgehead atoms. The molecule has 17 heteroatoms. The normalized spacial score (nSPS) is 12.7. The Labute approximate surface area is 258 Å². The molecule has 0 saturated heterocycles. The van der Waals surface area contributed by atoms with Crippen LogP contribution in [0.4, 0.5) is 5.69 Å². The van der Waals surface area contributed by atoms with Crippen molar-refractivity contribution in [3.63, 3.8) is 0 Å². The summed E-state index contributed by atoms with van der Waals surface area (Å²) in [6.07, 6.45) is -1.38. The molecule has 0 aliphatic carbocycles. The average molecular weight is 881 g/mol. The predicted octanol–water partition coefficient (Wildman–Crippen LogP) is -2.90. The van der Waals surface area contributed by atoms with Crippen molar-refractivity contribution in [2.24, 2.45) is 0 Å². The van der Waals surface area contributed by atoms with Gasteiger partial charge in [0.1, 0.15) is 11.1 Å². The number of aliphatic hydroxyl groups excluding tert-OH is 8. The van der Waals surface area contributed by atoms with Crippen molar-refractivity contribution in [3.8, 4) is 0 Å². The van der Waals surface area contributed by atoms with E-state index in [1.807, 2.05) is 0 Å². The van der Waals surface area contributed by atoms with Crippen molar-refractivity contribution in [2.45, 2.75) is 24.1 Å². The molecule has 0 fully saturated rings. The number of hydrogen-bond donors (Lipinski definition) is 10. The van der Waals surface area contributed by atoms with Gasteiger partial charge in [0.15, 0.2) is 0 Å². The Morgan fingerprint density at radius 3 is 1.34 bits per heavy atom. The Kier molecular flexibility index (Phi) is 14.5. The molecule has 0 aliphatic rings. The van der Waals surface area contributed by atoms with Gasteiger partial charge in [-0.3, -0.25) is 14.4 Å². The maximum absolute atomic E-state index is 13.4. The molecule has 1 unspecified atom stereocenters. The second-order valence-electron chi connectivity index (χ2n) is 8.42. The zero-order valence-electron chi connectivity index (χ0n) is 20.1. The van der Waals surface area contributed by atoms with Gasteiger partial charge < -0.3 is 56.4 Å². The van der Waals surface area contributed by atoms with Crippen LogP contribution in [0.25, 0.3) is 0 Å². The van der Waals surface area contributed by atoms with Crippen LogP contribution >= 0.6 is 67.8 Å². The standard InChI is InChI=1S/C21H30I3N3O11/c1-10(35)27(2-11(36)3-28)17-15(23)12(18(37)25-20(4-29,5-30)6-31)14(22)13(16(17)24)19(38)26-21(7-32,8-33)9-34/h11,28-34,36H,2-9H2,1H3,(H,25,37)(H,26,38).